The standard InChI is InChI=1S/C50H30/c1-3-11-31(12-4-1)33-23-27-37(28-24-33)45-47-39-19-7-15-35-17-9-21-41(43(35)39)49(47)46(38-29-25-34(26-30-38)32-13-5-2-6-14-32)50-42-22-10-18-36-16-8-20-40(44(36)42)48(45)50/h1-30H/i1D,2D,3D,4D,5D,6D,11D,12D,13D,14D,23D,24D,25D,26D,27D,28D,29D,30D. The van der Waals surface area contributed by atoms with Gasteiger partial charge in [-0.05, 0) is 109 Å². The molecular weight excluding hydrogens is 601 g/mol. The third kappa shape index (κ3) is 3.82. The molecule has 0 radical (unpaired) electrons. The normalized spacial score (nSPS) is 17.0. The Morgan fingerprint density at radius 2 is 0.540 bits per heavy atom. The van der Waals surface area contributed by atoms with E-state index in [4.69, 9.17) is 13.7 Å². The van der Waals surface area contributed by atoms with Crippen molar-refractivity contribution < 1.29 is 24.7 Å². The summed E-state index contributed by atoms with van der Waals surface area (Å²) in [7, 11) is 0. The largest absolute Gasteiger partial charge is 0.0629 e. The Morgan fingerprint density at radius 3 is 0.860 bits per heavy atom. The van der Waals surface area contributed by atoms with Crippen LogP contribution >= 0.6 is 0 Å². The van der Waals surface area contributed by atoms with Gasteiger partial charge in [0, 0.05) is 0 Å². The first-order chi connectivity index (χ1) is 32.3. The Hall–Kier alpha value is -6.50. The van der Waals surface area contributed by atoms with Crippen molar-refractivity contribution in [2.24, 2.45) is 0 Å². The second-order valence-corrected chi connectivity index (χ2v) is 12.2. The second-order valence-electron chi connectivity index (χ2n) is 12.2. The third-order valence-corrected chi connectivity index (χ3v) is 9.64. The highest BCUT2D eigenvalue weighted by Gasteiger charge is 2.27. The lowest BCUT2D eigenvalue weighted by Gasteiger charge is -2.16. The Kier molecular flexibility index (Phi) is 3.23. The lowest BCUT2D eigenvalue weighted by molar-refractivity contribution is 1.61. The summed E-state index contributed by atoms with van der Waals surface area (Å²) in [6.45, 7) is 0. The van der Waals surface area contributed by atoms with E-state index in [9.17, 15) is 11.0 Å². The molecular formula is C50H30. The van der Waals surface area contributed by atoms with E-state index in [1.807, 2.05) is 72.8 Å². The van der Waals surface area contributed by atoms with Crippen molar-refractivity contribution in [1.82, 2.24) is 0 Å². The van der Waals surface area contributed by atoms with Gasteiger partial charge in [0.15, 0.2) is 0 Å². The molecule has 0 aliphatic carbocycles. The summed E-state index contributed by atoms with van der Waals surface area (Å²) >= 11 is 0. The first-order valence-electron chi connectivity index (χ1n) is 25.0. The van der Waals surface area contributed by atoms with Gasteiger partial charge in [0.2, 0.25) is 0 Å². The molecule has 0 saturated carbocycles. The maximum Gasteiger partial charge on any atom is 0.0629 e. The van der Waals surface area contributed by atoms with Crippen molar-refractivity contribution in [3.05, 3.63) is 182 Å². The monoisotopic (exact) mass is 648 g/mol. The maximum absolute atomic E-state index is 9.79. The van der Waals surface area contributed by atoms with Gasteiger partial charge in [-0.25, -0.2) is 0 Å². The summed E-state index contributed by atoms with van der Waals surface area (Å²) in [5.41, 5.74) is -1.77. The molecule has 0 unspecified atom stereocenters. The molecule has 0 amide bonds. The van der Waals surface area contributed by atoms with Crippen LogP contribution in [-0.4, -0.2) is 0 Å². The van der Waals surface area contributed by atoms with Gasteiger partial charge >= 0.3 is 0 Å². The summed E-state index contributed by atoms with van der Waals surface area (Å²) in [5, 5.41) is 7.03. The van der Waals surface area contributed by atoms with Crippen LogP contribution in [0.4, 0.5) is 0 Å². The molecule has 230 valence electrons. The second kappa shape index (κ2) is 10.5. The van der Waals surface area contributed by atoms with Crippen LogP contribution in [0.15, 0.2) is 182 Å². The molecule has 50 heavy (non-hydrogen) atoms. The molecule has 0 saturated heterocycles. The predicted octanol–water partition coefficient (Wildman–Crippen LogP) is 14.1. The number of benzene rings is 9. The van der Waals surface area contributed by atoms with Crippen LogP contribution < -0.4 is 0 Å². The van der Waals surface area contributed by atoms with Gasteiger partial charge in [0.1, 0.15) is 0 Å². The molecule has 0 heteroatoms. The molecule has 0 nitrogen and oxygen atoms in total. The Balaban J connectivity index is 1.40. The SMILES string of the molecule is [2H]c1c([2H])c([2H])c(-c2c([2H])c([2H])c(-c3c4c5cccc6cccc(c4c(-c4c([2H])c([2H])c(-c7c([2H])c([2H])c([2H])c([2H])c7[2H])c([2H])c4[2H])c4c7cccc8cccc(c34)c87)c65)c([2H])c2[2H])c([2H])c1[2H]. The minimum Gasteiger partial charge on any atom is -0.0622 e. The van der Waals surface area contributed by atoms with Gasteiger partial charge < -0.3 is 0 Å². The summed E-state index contributed by atoms with van der Waals surface area (Å²) in [6.07, 6.45) is 0. The summed E-state index contributed by atoms with van der Waals surface area (Å²) in [4.78, 5) is 0. The minimum absolute atomic E-state index is 0.166. The number of fused-ring (bicyclic) bond motifs is 6. The quantitative estimate of drug-likeness (QED) is 0.178. The molecule has 0 aromatic heterocycles. The number of hydrogen-bond donors (Lipinski definition) is 0. The highest BCUT2D eigenvalue weighted by molar-refractivity contribution is 6.46. The molecule has 0 aliphatic heterocycles. The predicted molar refractivity (Wildman–Crippen MR) is 216 cm³/mol. The molecule has 11 rings (SSSR count). The fourth-order valence-corrected chi connectivity index (χ4v) is 7.72. The Bertz CT molecular complexity index is 3620. The molecule has 11 aromatic rings. The highest BCUT2D eigenvalue weighted by atomic mass is 14.3. The van der Waals surface area contributed by atoms with Gasteiger partial charge in [-0.3, -0.25) is 0 Å². The Morgan fingerprint density at radius 1 is 0.260 bits per heavy atom. The van der Waals surface area contributed by atoms with Gasteiger partial charge in [-0.15, -0.1) is 0 Å². The van der Waals surface area contributed by atoms with Crippen molar-refractivity contribution in [3.8, 4) is 44.5 Å². The average Bonchev–Trinajstić information content (AvgIpc) is 3.85. The van der Waals surface area contributed by atoms with Crippen LogP contribution in [-0.2, 0) is 0 Å². The van der Waals surface area contributed by atoms with Crippen molar-refractivity contribution in [2.45, 2.75) is 0 Å². The molecule has 0 fully saturated rings. The first-order valence-corrected chi connectivity index (χ1v) is 16.0. The maximum atomic E-state index is 9.79. The van der Waals surface area contributed by atoms with E-state index < -0.39 is 131 Å². The zero-order valence-corrected chi connectivity index (χ0v) is 25.9. The molecule has 0 atom stereocenters. The van der Waals surface area contributed by atoms with Gasteiger partial charge in [-0.2, -0.15) is 0 Å². The van der Waals surface area contributed by atoms with E-state index >= 15 is 0 Å². The van der Waals surface area contributed by atoms with Gasteiger partial charge in [-0.1, -0.05) is 182 Å². The fraction of sp³-hybridized carbons (Fsp3) is 0. The molecule has 0 spiro atoms. The van der Waals surface area contributed by atoms with Crippen LogP contribution in [0.25, 0.3) is 109 Å². The third-order valence-electron chi connectivity index (χ3n) is 9.64. The summed E-state index contributed by atoms with van der Waals surface area (Å²) < 4.78 is 162. The van der Waals surface area contributed by atoms with Crippen LogP contribution in [0.5, 0.6) is 0 Å². The molecule has 0 aliphatic rings. The number of hydrogen-bond acceptors (Lipinski definition) is 0. The zero-order valence-electron chi connectivity index (χ0n) is 43.9. The van der Waals surface area contributed by atoms with E-state index in [0.717, 1.165) is 21.5 Å². The van der Waals surface area contributed by atoms with Crippen LogP contribution in [0.2, 0.25) is 0 Å². The van der Waals surface area contributed by atoms with Crippen LogP contribution in [0.1, 0.15) is 24.7 Å². The van der Waals surface area contributed by atoms with Gasteiger partial charge in [0.05, 0.1) is 24.7 Å². The topological polar surface area (TPSA) is 0 Å². The van der Waals surface area contributed by atoms with Crippen molar-refractivity contribution in [1.29, 1.82) is 0 Å². The molecule has 0 bridgehead atoms. The summed E-state index contributed by atoms with van der Waals surface area (Å²) in [6, 6.07) is 10.4. The van der Waals surface area contributed by atoms with E-state index in [2.05, 4.69) is 0 Å². The van der Waals surface area contributed by atoms with Gasteiger partial charge in [0.25, 0.3) is 0 Å². The molecule has 11 aromatic carbocycles. The Labute approximate surface area is 315 Å². The molecule has 0 N–H and O–H groups in total. The fourth-order valence-electron chi connectivity index (χ4n) is 7.72. The van der Waals surface area contributed by atoms with E-state index in [1.165, 1.54) is 0 Å². The van der Waals surface area contributed by atoms with Crippen LogP contribution in [0.3, 0.4) is 0 Å². The molecule has 0 heterocycles. The lowest BCUT2D eigenvalue weighted by atomic mass is 9.86. The first kappa shape index (κ1) is 15.4. The van der Waals surface area contributed by atoms with E-state index in [1.54, 1.807) is 0 Å². The van der Waals surface area contributed by atoms with Crippen molar-refractivity contribution >= 4 is 64.6 Å². The minimum atomic E-state index is -0.708. The summed E-state index contributed by atoms with van der Waals surface area (Å²) in [5.74, 6) is 0. The van der Waals surface area contributed by atoms with E-state index in [0.29, 0.717) is 43.1 Å². The van der Waals surface area contributed by atoms with Crippen LogP contribution in [0, 0.1) is 0 Å². The highest BCUT2D eigenvalue weighted by Crippen LogP contribution is 2.55. The van der Waals surface area contributed by atoms with Crippen molar-refractivity contribution in [2.75, 3.05) is 0 Å². The smallest absolute Gasteiger partial charge is 0.0622 e. The zero-order chi connectivity index (χ0) is 48.4. The van der Waals surface area contributed by atoms with E-state index in [-0.39, 0.29) is 22.3 Å². The van der Waals surface area contributed by atoms with Crippen molar-refractivity contribution in [3.63, 3.8) is 0 Å². The lowest BCUT2D eigenvalue weighted by Crippen LogP contribution is -1.89. The average molecular weight is 649 g/mol. The number of rotatable bonds is 4.